The molecule has 0 aromatic heterocycles. The van der Waals surface area contributed by atoms with E-state index in [9.17, 15) is 8.42 Å². The van der Waals surface area contributed by atoms with Crippen LogP contribution in [0.25, 0.3) is 0 Å². The first kappa shape index (κ1) is 15.4. The summed E-state index contributed by atoms with van der Waals surface area (Å²) < 4.78 is 32.2. The summed E-state index contributed by atoms with van der Waals surface area (Å²) in [5, 5.41) is 3.06. The highest BCUT2D eigenvalue weighted by atomic mass is 32.2. The summed E-state index contributed by atoms with van der Waals surface area (Å²) in [7, 11) is -1.40. The van der Waals surface area contributed by atoms with Gasteiger partial charge >= 0.3 is 0 Å². The first-order valence-electron chi connectivity index (χ1n) is 6.89. The van der Waals surface area contributed by atoms with Crippen LogP contribution in [0.4, 0.5) is 0 Å². The summed E-state index contributed by atoms with van der Waals surface area (Å²) in [5.74, 6) is 0.0319. The second-order valence-electron chi connectivity index (χ2n) is 5.11. The Morgan fingerprint density at radius 3 is 2.35 bits per heavy atom. The smallest absolute Gasteiger partial charge is 0.216 e. The summed E-state index contributed by atoms with van der Waals surface area (Å²) in [4.78, 5) is 0. The molecule has 5 nitrogen and oxygen atoms in total. The molecule has 2 N–H and O–H groups in total. The lowest BCUT2D eigenvalue weighted by molar-refractivity contribution is 0.0832. The molecule has 6 heteroatoms. The lowest BCUT2D eigenvalue weighted by atomic mass is 10.1. The lowest BCUT2D eigenvalue weighted by Crippen LogP contribution is -2.39. The van der Waals surface area contributed by atoms with E-state index < -0.39 is 10.0 Å². The van der Waals surface area contributed by atoms with Gasteiger partial charge in [0.1, 0.15) is 0 Å². The summed E-state index contributed by atoms with van der Waals surface area (Å²) >= 11 is 0. The van der Waals surface area contributed by atoms with E-state index in [4.69, 9.17) is 4.74 Å². The fraction of sp³-hybridized carbons (Fsp3) is 0.571. The number of sulfonamides is 1. The Balaban J connectivity index is 1.93. The van der Waals surface area contributed by atoms with Gasteiger partial charge in [0, 0.05) is 25.8 Å². The number of ether oxygens (including phenoxy) is 1. The van der Waals surface area contributed by atoms with Gasteiger partial charge in [-0.05, 0) is 31.0 Å². The Hall–Kier alpha value is -0.950. The molecule has 0 radical (unpaired) electrons. The van der Waals surface area contributed by atoms with E-state index in [2.05, 4.69) is 10.0 Å². The average Bonchev–Trinajstić information content (AvgIpc) is 2.41. The molecule has 0 aliphatic carbocycles. The Morgan fingerprint density at radius 1 is 1.15 bits per heavy atom. The molecule has 0 unspecified atom stereocenters. The van der Waals surface area contributed by atoms with Crippen molar-refractivity contribution in [1.29, 1.82) is 0 Å². The summed E-state index contributed by atoms with van der Waals surface area (Å²) in [5.41, 5.74) is 1.95. The predicted molar refractivity (Wildman–Crippen MR) is 78.8 cm³/mol. The molecule has 1 fully saturated rings. The van der Waals surface area contributed by atoms with Crippen molar-refractivity contribution in [3.8, 4) is 0 Å². The van der Waals surface area contributed by atoms with Gasteiger partial charge < -0.3 is 10.1 Å². The molecule has 0 saturated carbocycles. The van der Waals surface area contributed by atoms with Gasteiger partial charge in [-0.25, -0.2) is 13.1 Å². The topological polar surface area (TPSA) is 67.4 Å². The van der Waals surface area contributed by atoms with Crippen molar-refractivity contribution in [2.45, 2.75) is 31.2 Å². The van der Waals surface area contributed by atoms with Crippen molar-refractivity contribution >= 4 is 10.0 Å². The standard InChI is InChI=1S/C14H22N2O3S/c1-15-10-12-2-4-13(5-3-12)11-20(17,18)16-14-6-8-19-9-7-14/h2-5,14-16H,6-11H2,1H3. The summed E-state index contributed by atoms with van der Waals surface area (Å²) in [6, 6.07) is 7.66. The average molecular weight is 298 g/mol. The second-order valence-corrected chi connectivity index (χ2v) is 6.86. The molecule has 20 heavy (non-hydrogen) atoms. The maximum atomic E-state index is 12.1. The number of nitrogens with one attached hydrogen (secondary N) is 2. The van der Waals surface area contributed by atoms with Gasteiger partial charge in [0.2, 0.25) is 10.0 Å². The third-order valence-corrected chi connectivity index (χ3v) is 4.73. The molecule has 1 aromatic rings. The van der Waals surface area contributed by atoms with Crippen LogP contribution >= 0.6 is 0 Å². The predicted octanol–water partition coefficient (Wildman–Crippen LogP) is 1.00. The zero-order valence-electron chi connectivity index (χ0n) is 11.8. The van der Waals surface area contributed by atoms with Crippen molar-refractivity contribution in [2.75, 3.05) is 20.3 Å². The molecular weight excluding hydrogens is 276 g/mol. The van der Waals surface area contributed by atoms with Crippen molar-refractivity contribution in [2.24, 2.45) is 0 Å². The van der Waals surface area contributed by atoms with Crippen LogP contribution in [0.1, 0.15) is 24.0 Å². The van der Waals surface area contributed by atoms with E-state index in [1.165, 1.54) is 0 Å². The zero-order chi connectivity index (χ0) is 14.4. The van der Waals surface area contributed by atoms with E-state index >= 15 is 0 Å². The normalized spacial score (nSPS) is 17.2. The van der Waals surface area contributed by atoms with Gasteiger partial charge in [0.15, 0.2) is 0 Å². The van der Waals surface area contributed by atoms with Gasteiger partial charge in [-0.1, -0.05) is 24.3 Å². The van der Waals surface area contributed by atoms with Gasteiger partial charge in [-0.15, -0.1) is 0 Å². The number of benzene rings is 1. The minimum atomic E-state index is -3.28. The van der Waals surface area contributed by atoms with Crippen LogP contribution < -0.4 is 10.0 Å². The van der Waals surface area contributed by atoms with Gasteiger partial charge in [-0.3, -0.25) is 0 Å². The molecule has 1 aromatic carbocycles. The largest absolute Gasteiger partial charge is 0.381 e. The molecule has 1 heterocycles. The fourth-order valence-electron chi connectivity index (χ4n) is 2.29. The van der Waals surface area contributed by atoms with E-state index in [1.54, 1.807) is 0 Å². The van der Waals surface area contributed by atoms with E-state index in [-0.39, 0.29) is 11.8 Å². The Bertz CT molecular complexity index is 508. The van der Waals surface area contributed by atoms with Crippen LogP contribution in [0.5, 0.6) is 0 Å². The molecule has 1 saturated heterocycles. The van der Waals surface area contributed by atoms with Crippen LogP contribution in [0.2, 0.25) is 0 Å². The maximum Gasteiger partial charge on any atom is 0.216 e. The number of rotatable bonds is 6. The molecule has 0 bridgehead atoms. The van der Waals surface area contributed by atoms with Crippen LogP contribution in [0, 0.1) is 0 Å². The molecular formula is C14H22N2O3S. The number of hydrogen-bond donors (Lipinski definition) is 2. The monoisotopic (exact) mass is 298 g/mol. The Labute approximate surface area is 120 Å². The van der Waals surface area contributed by atoms with Gasteiger partial charge in [0.25, 0.3) is 0 Å². The van der Waals surface area contributed by atoms with E-state index in [0.717, 1.165) is 30.5 Å². The molecule has 0 spiro atoms. The van der Waals surface area contributed by atoms with E-state index in [0.29, 0.717) is 13.2 Å². The SMILES string of the molecule is CNCc1ccc(CS(=O)(=O)NC2CCOCC2)cc1. The molecule has 1 aliphatic heterocycles. The lowest BCUT2D eigenvalue weighted by Gasteiger charge is -2.22. The van der Waals surface area contributed by atoms with Gasteiger partial charge in [-0.2, -0.15) is 0 Å². The quantitative estimate of drug-likeness (QED) is 0.822. The van der Waals surface area contributed by atoms with Crippen LogP contribution in [0.3, 0.4) is 0 Å². The highest BCUT2D eigenvalue weighted by molar-refractivity contribution is 7.88. The first-order chi connectivity index (χ1) is 9.59. The second kappa shape index (κ2) is 7.17. The maximum absolute atomic E-state index is 12.1. The van der Waals surface area contributed by atoms with Crippen LogP contribution in [-0.4, -0.2) is 34.7 Å². The molecule has 1 aliphatic rings. The minimum absolute atomic E-state index is 0.0114. The van der Waals surface area contributed by atoms with E-state index in [1.807, 2.05) is 31.3 Å². The van der Waals surface area contributed by atoms with Crippen molar-refractivity contribution in [1.82, 2.24) is 10.0 Å². The van der Waals surface area contributed by atoms with Crippen molar-refractivity contribution in [3.05, 3.63) is 35.4 Å². The van der Waals surface area contributed by atoms with Gasteiger partial charge in [0.05, 0.1) is 5.75 Å². The van der Waals surface area contributed by atoms with Crippen LogP contribution in [0.15, 0.2) is 24.3 Å². The highest BCUT2D eigenvalue weighted by Gasteiger charge is 2.20. The third-order valence-electron chi connectivity index (χ3n) is 3.33. The third kappa shape index (κ3) is 4.86. The molecule has 112 valence electrons. The zero-order valence-corrected chi connectivity index (χ0v) is 12.6. The minimum Gasteiger partial charge on any atom is -0.381 e. The molecule has 0 atom stereocenters. The first-order valence-corrected chi connectivity index (χ1v) is 8.54. The molecule has 0 amide bonds. The number of hydrogen-bond acceptors (Lipinski definition) is 4. The molecule has 2 rings (SSSR count). The Kier molecular flexibility index (Phi) is 5.54. The van der Waals surface area contributed by atoms with Crippen molar-refractivity contribution in [3.63, 3.8) is 0 Å². The Morgan fingerprint density at radius 2 is 1.75 bits per heavy atom. The summed E-state index contributed by atoms with van der Waals surface area (Å²) in [6.45, 7) is 2.05. The fourth-order valence-corrected chi connectivity index (χ4v) is 3.75. The van der Waals surface area contributed by atoms with Crippen LogP contribution in [-0.2, 0) is 27.1 Å². The van der Waals surface area contributed by atoms with Crippen molar-refractivity contribution < 1.29 is 13.2 Å². The highest BCUT2D eigenvalue weighted by Crippen LogP contribution is 2.11. The summed E-state index contributed by atoms with van der Waals surface area (Å²) in [6.07, 6.45) is 1.50.